The van der Waals surface area contributed by atoms with Crippen LogP contribution >= 0.6 is 0 Å². The van der Waals surface area contributed by atoms with E-state index in [9.17, 15) is 10.2 Å². The number of rotatable bonds is 0. The number of fused-ring (bicyclic) bond motifs is 2. The normalized spacial score (nSPS) is 56.5. The first-order valence-corrected chi connectivity index (χ1v) is 3.87. The van der Waals surface area contributed by atoms with Crippen molar-refractivity contribution in [2.75, 3.05) is 6.61 Å². The Bertz CT molecular complexity index is 175. The lowest BCUT2D eigenvalue weighted by molar-refractivity contribution is -0.0720. The highest BCUT2D eigenvalue weighted by molar-refractivity contribution is 5.03. The van der Waals surface area contributed by atoms with Crippen molar-refractivity contribution in [3.05, 3.63) is 0 Å². The molecule has 4 N–H and O–H groups in total. The molecule has 2 aliphatic rings. The lowest BCUT2D eigenvalue weighted by atomic mass is 9.81. The van der Waals surface area contributed by atoms with E-state index in [1.165, 1.54) is 0 Å². The molecule has 1 saturated heterocycles. The molecule has 1 aliphatic heterocycles. The van der Waals surface area contributed by atoms with E-state index in [0.717, 1.165) is 0 Å². The summed E-state index contributed by atoms with van der Waals surface area (Å²) in [4.78, 5) is 0. The quantitative estimate of drug-likeness (QED) is 0.406. The van der Waals surface area contributed by atoms with E-state index in [1.807, 2.05) is 0 Å². The lowest BCUT2D eigenvalue weighted by Gasteiger charge is -2.33. The Labute approximate surface area is 65.0 Å². The minimum atomic E-state index is -0.742. The Morgan fingerprint density at radius 3 is 2.82 bits per heavy atom. The summed E-state index contributed by atoms with van der Waals surface area (Å²) in [6.45, 7) is 0.464. The van der Waals surface area contributed by atoms with Crippen LogP contribution in [0.5, 0.6) is 0 Å². The fourth-order valence-electron chi connectivity index (χ4n) is 1.94. The maximum absolute atomic E-state index is 9.35. The molecule has 0 aromatic rings. The third kappa shape index (κ3) is 1.06. The van der Waals surface area contributed by atoms with Gasteiger partial charge in [-0.25, -0.2) is 0 Å². The van der Waals surface area contributed by atoms with E-state index in [1.54, 1.807) is 0 Å². The van der Waals surface area contributed by atoms with Gasteiger partial charge in [-0.3, -0.25) is 0 Å². The van der Waals surface area contributed by atoms with Crippen LogP contribution < -0.4 is 5.73 Å². The number of aliphatic hydroxyl groups excluding tert-OH is 2. The molecule has 0 aromatic carbocycles. The largest absolute Gasteiger partial charge is 0.390 e. The zero-order chi connectivity index (χ0) is 8.06. The van der Waals surface area contributed by atoms with Gasteiger partial charge < -0.3 is 20.7 Å². The summed E-state index contributed by atoms with van der Waals surface area (Å²) in [5.41, 5.74) is 5.47. The zero-order valence-corrected chi connectivity index (χ0v) is 6.23. The Kier molecular flexibility index (Phi) is 1.47. The van der Waals surface area contributed by atoms with Crippen molar-refractivity contribution in [3.63, 3.8) is 0 Å². The third-order valence-electron chi connectivity index (χ3n) is 2.58. The molecule has 0 amide bonds. The van der Waals surface area contributed by atoms with Crippen molar-refractivity contribution in [1.29, 1.82) is 0 Å². The Balaban J connectivity index is 2.17. The lowest BCUT2D eigenvalue weighted by Crippen LogP contribution is -2.52. The van der Waals surface area contributed by atoms with Crippen LogP contribution in [-0.4, -0.2) is 40.7 Å². The van der Waals surface area contributed by atoms with Gasteiger partial charge in [0.05, 0.1) is 18.8 Å². The van der Waals surface area contributed by atoms with Crippen molar-refractivity contribution in [3.8, 4) is 0 Å². The van der Waals surface area contributed by atoms with Crippen molar-refractivity contribution < 1.29 is 14.9 Å². The van der Waals surface area contributed by atoms with Gasteiger partial charge in [-0.15, -0.1) is 0 Å². The fourth-order valence-corrected chi connectivity index (χ4v) is 1.94. The van der Waals surface area contributed by atoms with Gasteiger partial charge >= 0.3 is 0 Å². The van der Waals surface area contributed by atoms with Crippen LogP contribution in [0.4, 0.5) is 0 Å². The van der Waals surface area contributed by atoms with Crippen molar-refractivity contribution in [2.24, 2.45) is 5.73 Å². The molecule has 11 heavy (non-hydrogen) atoms. The molecule has 2 rings (SSSR count). The van der Waals surface area contributed by atoms with E-state index in [4.69, 9.17) is 10.5 Å². The Hall–Kier alpha value is -0.160. The molecule has 1 saturated carbocycles. The van der Waals surface area contributed by atoms with Gasteiger partial charge in [-0.2, -0.15) is 0 Å². The summed E-state index contributed by atoms with van der Waals surface area (Å²) in [6.07, 6.45) is -0.574. The summed E-state index contributed by atoms with van der Waals surface area (Å²) in [6, 6.07) is 0. The minimum Gasteiger partial charge on any atom is -0.390 e. The van der Waals surface area contributed by atoms with Crippen LogP contribution in [0.25, 0.3) is 0 Å². The van der Waals surface area contributed by atoms with E-state index >= 15 is 0 Å². The molecule has 4 atom stereocenters. The molecule has 4 nitrogen and oxygen atoms in total. The maximum atomic E-state index is 9.35. The number of ether oxygens (including phenoxy) is 1. The average Bonchev–Trinajstić information content (AvgIpc) is 2.25. The second-order valence-electron chi connectivity index (χ2n) is 3.68. The first-order valence-electron chi connectivity index (χ1n) is 3.87. The SMILES string of the molecule is NC12COC(C1)[C@H](O)[C@H](O)C2. The highest BCUT2D eigenvalue weighted by Crippen LogP contribution is 2.35. The van der Waals surface area contributed by atoms with Crippen molar-refractivity contribution >= 4 is 0 Å². The summed E-state index contributed by atoms with van der Waals surface area (Å²) >= 11 is 0. The predicted octanol–water partition coefficient (Wildman–Crippen LogP) is -1.40. The summed E-state index contributed by atoms with van der Waals surface area (Å²) in [5, 5.41) is 18.7. The smallest absolute Gasteiger partial charge is 0.106 e. The molecule has 1 aliphatic carbocycles. The molecular weight excluding hydrogens is 146 g/mol. The van der Waals surface area contributed by atoms with Crippen LogP contribution in [0.3, 0.4) is 0 Å². The molecule has 0 radical (unpaired) electrons. The second kappa shape index (κ2) is 2.17. The monoisotopic (exact) mass is 159 g/mol. The maximum Gasteiger partial charge on any atom is 0.106 e. The van der Waals surface area contributed by atoms with Gasteiger partial charge in [0.15, 0.2) is 0 Å². The van der Waals surface area contributed by atoms with E-state index in [-0.39, 0.29) is 11.6 Å². The minimum absolute atomic E-state index is 0.247. The van der Waals surface area contributed by atoms with Crippen LogP contribution in [0.2, 0.25) is 0 Å². The molecule has 2 bridgehead atoms. The molecule has 64 valence electrons. The van der Waals surface area contributed by atoms with Crippen molar-refractivity contribution in [2.45, 2.75) is 36.7 Å². The van der Waals surface area contributed by atoms with Gasteiger partial charge in [0, 0.05) is 5.54 Å². The highest BCUT2D eigenvalue weighted by Gasteiger charge is 2.48. The molecule has 1 heterocycles. The molecule has 2 unspecified atom stereocenters. The number of hydrogen-bond donors (Lipinski definition) is 3. The number of hydrogen-bond acceptors (Lipinski definition) is 4. The van der Waals surface area contributed by atoms with E-state index in [0.29, 0.717) is 19.4 Å². The molecule has 2 fully saturated rings. The average molecular weight is 159 g/mol. The number of aliphatic hydroxyl groups is 2. The Morgan fingerprint density at radius 1 is 1.36 bits per heavy atom. The van der Waals surface area contributed by atoms with Gasteiger partial charge in [-0.05, 0) is 12.8 Å². The highest BCUT2D eigenvalue weighted by atomic mass is 16.5. The summed E-state index contributed by atoms with van der Waals surface area (Å²) in [5.74, 6) is 0. The van der Waals surface area contributed by atoms with Crippen molar-refractivity contribution in [1.82, 2.24) is 0 Å². The third-order valence-corrected chi connectivity index (χ3v) is 2.58. The van der Waals surface area contributed by atoms with Gasteiger partial charge in [0.25, 0.3) is 0 Å². The van der Waals surface area contributed by atoms with Crippen LogP contribution in [0, 0.1) is 0 Å². The predicted molar refractivity (Wildman–Crippen MR) is 37.9 cm³/mol. The molecule has 0 aromatic heterocycles. The molecular formula is C7H13NO3. The molecule has 0 spiro atoms. The zero-order valence-electron chi connectivity index (χ0n) is 6.23. The van der Waals surface area contributed by atoms with Gasteiger partial charge in [0.1, 0.15) is 6.10 Å². The van der Waals surface area contributed by atoms with E-state index < -0.39 is 12.2 Å². The second-order valence-corrected chi connectivity index (χ2v) is 3.68. The van der Waals surface area contributed by atoms with Crippen LogP contribution in [0.15, 0.2) is 0 Å². The topological polar surface area (TPSA) is 75.7 Å². The van der Waals surface area contributed by atoms with Crippen LogP contribution in [0.1, 0.15) is 12.8 Å². The van der Waals surface area contributed by atoms with Gasteiger partial charge in [0.2, 0.25) is 0 Å². The molecule has 4 heteroatoms. The van der Waals surface area contributed by atoms with E-state index in [2.05, 4.69) is 0 Å². The van der Waals surface area contributed by atoms with Crippen LogP contribution in [-0.2, 0) is 4.74 Å². The first-order chi connectivity index (χ1) is 5.11. The Morgan fingerprint density at radius 2 is 2.09 bits per heavy atom. The number of nitrogens with two attached hydrogens (primary N) is 1. The van der Waals surface area contributed by atoms with Gasteiger partial charge in [-0.1, -0.05) is 0 Å². The standard InChI is InChI=1S/C7H13NO3/c8-7-1-4(9)6(10)5(2-7)11-3-7/h4-6,9-10H,1-3,8H2/t4-,5?,6-,7?/m1/s1. The fraction of sp³-hybridized carbons (Fsp3) is 1.00. The summed E-state index contributed by atoms with van der Waals surface area (Å²) in [7, 11) is 0. The first kappa shape index (κ1) is 7.49. The summed E-state index contributed by atoms with van der Waals surface area (Å²) < 4.78 is 5.23.